The smallest absolute Gasteiger partial charge is 0.270 e. The molecule has 0 saturated heterocycles. The second-order valence-electron chi connectivity index (χ2n) is 6.48. The molecule has 2 aromatic heterocycles. The number of rotatable bonds is 8. The molecule has 4 aromatic rings. The third-order valence-corrected chi connectivity index (χ3v) is 5.76. The normalized spacial score (nSPS) is 11.5. The summed E-state index contributed by atoms with van der Waals surface area (Å²) in [7, 11) is -3.96. The van der Waals surface area contributed by atoms with E-state index in [0.717, 1.165) is 6.07 Å². The van der Waals surface area contributed by atoms with Gasteiger partial charge in [0.2, 0.25) is 15.9 Å². The monoisotopic (exact) mass is 458 g/mol. The highest BCUT2D eigenvalue weighted by Gasteiger charge is 2.17. The van der Waals surface area contributed by atoms with E-state index in [-0.39, 0.29) is 29.6 Å². The number of benzene rings is 2. The molecule has 0 unspecified atom stereocenters. The number of sulfonamides is 1. The maximum atomic E-state index is 13.5. The molecule has 0 spiro atoms. The maximum Gasteiger partial charge on any atom is 0.270 e. The number of aromatic nitrogens is 4. The van der Waals surface area contributed by atoms with Crippen LogP contribution in [-0.4, -0.2) is 46.3 Å². The minimum atomic E-state index is -3.96. The van der Waals surface area contributed by atoms with Crippen molar-refractivity contribution in [1.29, 1.82) is 0 Å². The molecule has 2 aromatic carbocycles. The lowest BCUT2D eigenvalue weighted by atomic mass is 10.2. The number of non-ortho nitro benzene ring substituents is 1. The zero-order chi connectivity index (χ0) is 22.7. The Bertz CT molecular complexity index is 1410. The summed E-state index contributed by atoms with van der Waals surface area (Å²) < 4.78 is 47.4. The van der Waals surface area contributed by atoms with E-state index >= 15 is 0 Å². The zero-order valence-electron chi connectivity index (χ0n) is 16.3. The van der Waals surface area contributed by atoms with Crippen molar-refractivity contribution in [3.63, 3.8) is 0 Å². The molecular weight excluding hydrogens is 443 g/mol. The van der Waals surface area contributed by atoms with Gasteiger partial charge in [-0.05, 0) is 24.3 Å². The second kappa shape index (κ2) is 8.64. The summed E-state index contributed by atoms with van der Waals surface area (Å²) in [5.74, 6) is 0.0588. The minimum absolute atomic E-state index is 0.0654. The van der Waals surface area contributed by atoms with E-state index in [0.29, 0.717) is 17.0 Å². The Hall–Kier alpha value is -3.97. The van der Waals surface area contributed by atoms with Crippen molar-refractivity contribution in [3.8, 4) is 17.3 Å². The van der Waals surface area contributed by atoms with Gasteiger partial charge in [-0.25, -0.2) is 17.5 Å². The number of nitrogens with zero attached hydrogens (tertiary/aromatic N) is 5. The average molecular weight is 458 g/mol. The highest BCUT2D eigenvalue weighted by atomic mass is 32.2. The van der Waals surface area contributed by atoms with Gasteiger partial charge in [0, 0.05) is 30.3 Å². The molecular formula is C19H15FN6O5S. The first-order valence-electron chi connectivity index (χ1n) is 9.19. The Morgan fingerprint density at radius 3 is 2.69 bits per heavy atom. The molecule has 0 aliphatic heterocycles. The molecule has 0 saturated carbocycles. The summed E-state index contributed by atoms with van der Waals surface area (Å²) in [6, 6.07) is 13.7. The van der Waals surface area contributed by atoms with Crippen molar-refractivity contribution in [1.82, 2.24) is 24.5 Å². The summed E-state index contributed by atoms with van der Waals surface area (Å²) in [6.07, 6.45) is 0. The van der Waals surface area contributed by atoms with E-state index in [9.17, 15) is 22.9 Å². The summed E-state index contributed by atoms with van der Waals surface area (Å²) in [5.41, 5.74) is 0.569. The van der Waals surface area contributed by atoms with Crippen molar-refractivity contribution in [3.05, 3.63) is 76.6 Å². The number of hydrogen-bond acceptors (Lipinski definition) is 8. The molecule has 11 nitrogen and oxygen atoms in total. The van der Waals surface area contributed by atoms with Crippen LogP contribution in [0.5, 0.6) is 5.88 Å². The van der Waals surface area contributed by atoms with Gasteiger partial charge in [-0.15, -0.1) is 15.3 Å². The van der Waals surface area contributed by atoms with Crippen molar-refractivity contribution in [2.45, 2.75) is 4.90 Å². The van der Waals surface area contributed by atoms with Crippen molar-refractivity contribution in [2.24, 2.45) is 0 Å². The van der Waals surface area contributed by atoms with Crippen LogP contribution < -0.4 is 9.46 Å². The Kier molecular flexibility index (Phi) is 5.75. The van der Waals surface area contributed by atoms with Gasteiger partial charge < -0.3 is 4.74 Å². The number of hydrogen-bond donors (Lipinski definition) is 1. The number of nitro benzene ring substituents is 1. The fourth-order valence-corrected chi connectivity index (χ4v) is 3.89. The third-order valence-electron chi connectivity index (χ3n) is 4.30. The zero-order valence-corrected chi connectivity index (χ0v) is 17.1. The molecule has 0 aliphatic carbocycles. The highest BCUT2D eigenvalue weighted by Crippen LogP contribution is 2.20. The lowest BCUT2D eigenvalue weighted by molar-refractivity contribution is -0.385. The Morgan fingerprint density at radius 2 is 1.91 bits per heavy atom. The van der Waals surface area contributed by atoms with Crippen molar-refractivity contribution >= 4 is 21.4 Å². The number of ether oxygens (including phenoxy) is 1. The van der Waals surface area contributed by atoms with Crippen LogP contribution in [-0.2, 0) is 10.0 Å². The highest BCUT2D eigenvalue weighted by molar-refractivity contribution is 7.89. The van der Waals surface area contributed by atoms with Gasteiger partial charge in [-0.3, -0.25) is 10.1 Å². The standard InChI is InChI=1S/C19H15FN6O5S/c20-14-4-1-3-13(11-14)19-23-22-17-7-8-18(24-25(17)19)31-10-9-21-32(29,30)16-6-2-5-15(12-16)26(27)28/h1-8,11-12,21H,9-10H2. The van der Waals surface area contributed by atoms with Gasteiger partial charge in [0.05, 0.1) is 9.82 Å². The van der Waals surface area contributed by atoms with Crippen molar-refractivity contribution < 1.29 is 22.5 Å². The van der Waals surface area contributed by atoms with Crippen molar-refractivity contribution in [2.75, 3.05) is 13.2 Å². The van der Waals surface area contributed by atoms with Gasteiger partial charge >= 0.3 is 0 Å². The van der Waals surface area contributed by atoms with E-state index in [1.54, 1.807) is 18.2 Å². The largest absolute Gasteiger partial charge is 0.475 e. The Morgan fingerprint density at radius 1 is 1.09 bits per heavy atom. The second-order valence-corrected chi connectivity index (χ2v) is 8.24. The lowest BCUT2D eigenvalue weighted by Crippen LogP contribution is -2.28. The predicted molar refractivity (Wildman–Crippen MR) is 110 cm³/mol. The molecule has 0 atom stereocenters. The molecule has 13 heteroatoms. The van der Waals surface area contributed by atoms with Gasteiger partial charge in [-0.2, -0.15) is 4.52 Å². The van der Waals surface area contributed by atoms with E-state index < -0.39 is 20.8 Å². The maximum absolute atomic E-state index is 13.5. The molecule has 164 valence electrons. The van der Waals surface area contributed by atoms with Crippen LogP contribution in [0.25, 0.3) is 17.0 Å². The lowest BCUT2D eigenvalue weighted by Gasteiger charge is -2.08. The molecule has 1 N–H and O–H groups in total. The first-order valence-corrected chi connectivity index (χ1v) is 10.7. The van der Waals surface area contributed by atoms with E-state index in [4.69, 9.17) is 4.74 Å². The third kappa shape index (κ3) is 4.53. The SMILES string of the molecule is O=[N+]([O-])c1cccc(S(=O)(=O)NCCOc2ccc3nnc(-c4cccc(F)c4)n3n2)c1. The number of fused-ring (bicyclic) bond motifs is 1. The molecule has 2 heterocycles. The molecule has 0 radical (unpaired) electrons. The Balaban J connectivity index is 1.43. The van der Waals surface area contributed by atoms with Gasteiger partial charge in [0.15, 0.2) is 11.5 Å². The van der Waals surface area contributed by atoms with Crippen LogP contribution in [0.3, 0.4) is 0 Å². The minimum Gasteiger partial charge on any atom is -0.475 e. The molecule has 4 rings (SSSR count). The summed E-state index contributed by atoms with van der Waals surface area (Å²) in [4.78, 5) is 9.94. The molecule has 0 bridgehead atoms. The quantitative estimate of drug-likeness (QED) is 0.241. The fourth-order valence-electron chi connectivity index (χ4n) is 2.84. The van der Waals surface area contributed by atoms with Crippen LogP contribution in [0.2, 0.25) is 0 Å². The van der Waals surface area contributed by atoms with Crippen LogP contribution in [0, 0.1) is 15.9 Å². The molecule has 32 heavy (non-hydrogen) atoms. The average Bonchev–Trinajstić information content (AvgIpc) is 3.20. The van der Waals surface area contributed by atoms with Crippen LogP contribution in [0.4, 0.5) is 10.1 Å². The number of nitro groups is 1. The van der Waals surface area contributed by atoms with E-state index in [2.05, 4.69) is 20.0 Å². The topological polar surface area (TPSA) is 142 Å². The van der Waals surface area contributed by atoms with Crippen LogP contribution in [0.1, 0.15) is 0 Å². The molecule has 0 aliphatic rings. The Labute approximate surface area is 180 Å². The first kappa shape index (κ1) is 21.3. The summed E-state index contributed by atoms with van der Waals surface area (Å²) in [6.45, 7) is -0.173. The van der Waals surface area contributed by atoms with Gasteiger partial charge in [0.25, 0.3) is 5.69 Å². The van der Waals surface area contributed by atoms with Crippen LogP contribution in [0.15, 0.2) is 65.6 Å². The molecule has 0 fully saturated rings. The summed E-state index contributed by atoms with van der Waals surface area (Å²) >= 11 is 0. The van der Waals surface area contributed by atoms with E-state index in [1.165, 1.54) is 40.9 Å². The van der Waals surface area contributed by atoms with E-state index in [1.807, 2.05) is 0 Å². The van der Waals surface area contributed by atoms with Gasteiger partial charge in [0.1, 0.15) is 12.4 Å². The fraction of sp³-hybridized carbons (Fsp3) is 0.105. The first-order chi connectivity index (χ1) is 15.3. The number of nitrogens with one attached hydrogen (secondary N) is 1. The summed E-state index contributed by atoms with van der Waals surface area (Å²) in [5, 5.41) is 23.1. The predicted octanol–water partition coefficient (Wildman–Crippen LogP) is 2.20. The number of halogens is 1. The van der Waals surface area contributed by atoms with Crippen LogP contribution >= 0.6 is 0 Å². The molecule has 0 amide bonds. The van der Waals surface area contributed by atoms with Gasteiger partial charge in [-0.1, -0.05) is 18.2 Å².